The van der Waals surface area contributed by atoms with E-state index in [0.29, 0.717) is 0 Å². The molecule has 1 heterocycles. The Morgan fingerprint density at radius 2 is 1.95 bits per heavy atom. The number of hydrogen-bond acceptors (Lipinski definition) is 2. The van der Waals surface area contributed by atoms with Crippen LogP contribution in [0.2, 0.25) is 0 Å². The summed E-state index contributed by atoms with van der Waals surface area (Å²) in [5.41, 5.74) is 1.33. The first-order valence-electron chi connectivity index (χ1n) is 6.98. The van der Waals surface area contributed by atoms with Crippen LogP contribution in [0.1, 0.15) is 24.8 Å². The highest BCUT2D eigenvalue weighted by Gasteiger charge is 2.15. The average molecular weight is 390 g/mol. The van der Waals surface area contributed by atoms with Gasteiger partial charge in [-0.2, -0.15) is 0 Å². The van der Waals surface area contributed by atoms with Gasteiger partial charge in [0.1, 0.15) is 0 Å². The van der Waals surface area contributed by atoms with Gasteiger partial charge in [0.05, 0.1) is 0 Å². The third kappa shape index (κ3) is 5.18. The topological polar surface area (TPSA) is 15.3 Å². The molecule has 0 amide bonds. The van der Waals surface area contributed by atoms with Crippen molar-refractivity contribution in [3.05, 3.63) is 32.7 Å². The molecule has 0 spiro atoms. The van der Waals surface area contributed by atoms with Crippen molar-refractivity contribution in [2.24, 2.45) is 5.92 Å². The van der Waals surface area contributed by atoms with Crippen molar-refractivity contribution in [3.8, 4) is 0 Å². The number of halogens is 2. The maximum absolute atomic E-state index is 3.56. The van der Waals surface area contributed by atoms with Crippen molar-refractivity contribution >= 4 is 31.9 Å². The number of hydrogen-bond donors (Lipinski definition) is 1. The molecule has 1 saturated heterocycles. The molecule has 1 aromatic rings. The van der Waals surface area contributed by atoms with Crippen molar-refractivity contribution in [1.82, 2.24) is 10.2 Å². The summed E-state index contributed by atoms with van der Waals surface area (Å²) in [4.78, 5) is 2.43. The van der Waals surface area contributed by atoms with Crippen LogP contribution in [0, 0.1) is 5.92 Å². The van der Waals surface area contributed by atoms with Crippen LogP contribution < -0.4 is 5.32 Å². The molecule has 1 aliphatic heterocycles. The van der Waals surface area contributed by atoms with Crippen molar-refractivity contribution in [1.29, 1.82) is 0 Å². The van der Waals surface area contributed by atoms with Gasteiger partial charge >= 0.3 is 0 Å². The van der Waals surface area contributed by atoms with Crippen molar-refractivity contribution in [2.75, 3.05) is 26.7 Å². The third-order valence-electron chi connectivity index (χ3n) is 3.88. The zero-order valence-electron chi connectivity index (χ0n) is 11.5. The zero-order valence-corrected chi connectivity index (χ0v) is 14.6. The highest BCUT2D eigenvalue weighted by molar-refractivity contribution is 9.13. The van der Waals surface area contributed by atoms with E-state index in [1.54, 1.807) is 0 Å². The highest BCUT2D eigenvalue weighted by Crippen LogP contribution is 2.23. The van der Waals surface area contributed by atoms with Gasteiger partial charge in [-0.1, -0.05) is 6.07 Å². The fourth-order valence-corrected chi connectivity index (χ4v) is 3.21. The van der Waals surface area contributed by atoms with Crippen LogP contribution >= 0.6 is 31.9 Å². The lowest BCUT2D eigenvalue weighted by atomic mass is 9.94. The number of piperidine rings is 1. The number of benzene rings is 1. The van der Waals surface area contributed by atoms with Crippen molar-refractivity contribution < 1.29 is 0 Å². The average Bonchev–Trinajstić information content (AvgIpc) is 2.41. The minimum Gasteiger partial charge on any atom is -0.313 e. The molecular weight excluding hydrogens is 368 g/mol. The first-order valence-corrected chi connectivity index (χ1v) is 8.57. The summed E-state index contributed by atoms with van der Waals surface area (Å²) in [5, 5.41) is 3.56. The van der Waals surface area contributed by atoms with E-state index in [4.69, 9.17) is 0 Å². The van der Waals surface area contributed by atoms with Gasteiger partial charge in [-0.15, -0.1) is 0 Å². The molecule has 0 unspecified atom stereocenters. The monoisotopic (exact) mass is 388 g/mol. The quantitative estimate of drug-likeness (QED) is 0.764. The summed E-state index contributed by atoms with van der Waals surface area (Å²) >= 11 is 7.04. The van der Waals surface area contributed by atoms with Crippen LogP contribution in [0.25, 0.3) is 0 Å². The van der Waals surface area contributed by atoms with E-state index in [0.717, 1.165) is 28.0 Å². The lowest BCUT2D eigenvalue weighted by Crippen LogP contribution is -2.31. The molecule has 19 heavy (non-hydrogen) atoms. The van der Waals surface area contributed by atoms with Crippen LogP contribution in [0.5, 0.6) is 0 Å². The minimum atomic E-state index is 0.917. The summed E-state index contributed by atoms with van der Waals surface area (Å²) < 4.78 is 2.24. The molecule has 0 bridgehead atoms. The lowest BCUT2D eigenvalue weighted by Gasteiger charge is -2.28. The van der Waals surface area contributed by atoms with Gasteiger partial charge in [0.2, 0.25) is 0 Å². The predicted octanol–water partition coefficient (Wildman–Crippen LogP) is 4.03. The third-order valence-corrected chi connectivity index (χ3v) is 5.76. The Morgan fingerprint density at radius 3 is 2.63 bits per heavy atom. The fourth-order valence-electron chi connectivity index (χ4n) is 2.54. The molecule has 2 rings (SSSR count). The SMILES string of the molecule is CN1CCC(CCNCc2ccc(Br)c(Br)c2)CC1. The summed E-state index contributed by atoms with van der Waals surface area (Å²) in [6.45, 7) is 4.62. The molecular formula is C15H22Br2N2. The molecule has 0 aliphatic carbocycles. The van der Waals surface area contributed by atoms with Gasteiger partial charge in [0.25, 0.3) is 0 Å². The normalized spacial score (nSPS) is 17.8. The molecule has 1 fully saturated rings. The van der Waals surface area contributed by atoms with Crippen LogP contribution in [0.4, 0.5) is 0 Å². The fraction of sp³-hybridized carbons (Fsp3) is 0.600. The number of nitrogens with one attached hydrogen (secondary N) is 1. The first-order chi connectivity index (χ1) is 9.15. The molecule has 0 atom stereocenters. The number of rotatable bonds is 5. The minimum absolute atomic E-state index is 0.917. The molecule has 1 aliphatic rings. The maximum Gasteiger partial charge on any atom is 0.0320 e. The van der Waals surface area contributed by atoms with E-state index in [1.807, 2.05) is 0 Å². The highest BCUT2D eigenvalue weighted by atomic mass is 79.9. The second kappa shape index (κ2) is 7.77. The Bertz CT molecular complexity index is 401. The molecule has 1 aromatic carbocycles. The Kier molecular flexibility index (Phi) is 6.33. The first kappa shape index (κ1) is 15.5. The number of nitrogens with zero attached hydrogens (tertiary/aromatic N) is 1. The van der Waals surface area contributed by atoms with Crippen LogP contribution in [0.15, 0.2) is 27.1 Å². The molecule has 0 radical (unpaired) electrons. The molecule has 106 valence electrons. The predicted molar refractivity (Wildman–Crippen MR) is 88.4 cm³/mol. The summed E-state index contributed by atoms with van der Waals surface area (Å²) in [6.07, 6.45) is 4.04. The van der Waals surface area contributed by atoms with Crippen LogP contribution in [0.3, 0.4) is 0 Å². The molecule has 0 aromatic heterocycles. The van der Waals surface area contributed by atoms with Gasteiger partial charge in [-0.25, -0.2) is 0 Å². The largest absolute Gasteiger partial charge is 0.313 e. The van der Waals surface area contributed by atoms with Gasteiger partial charge in [0, 0.05) is 15.5 Å². The van der Waals surface area contributed by atoms with E-state index in [-0.39, 0.29) is 0 Å². The van der Waals surface area contributed by atoms with E-state index in [2.05, 4.69) is 67.3 Å². The Morgan fingerprint density at radius 1 is 1.21 bits per heavy atom. The second-order valence-corrected chi connectivity index (χ2v) is 7.17. The van der Waals surface area contributed by atoms with Gasteiger partial charge in [-0.3, -0.25) is 0 Å². The van der Waals surface area contributed by atoms with E-state index < -0.39 is 0 Å². The lowest BCUT2D eigenvalue weighted by molar-refractivity contribution is 0.211. The standard InChI is InChI=1S/C15H22Br2N2/c1-19-8-5-12(6-9-19)4-7-18-11-13-2-3-14(16)15(17)10-13/h2-3,10,12,18H,4-9,11H2,1H3. The molecule has 2 nitrogen and oxygen atoms in total. The van der Waals surface area contributed by atoms with Crippen LogP contribution in [-0.2, 0) is 6.54 Å². The Balaban J connectivity index is 1.65. The van der Waals surface area contributed by atoms with Gasteiger partial charge in [-0.05, 0) is 101 Å². The zero-order chi connectivity index (χ0) is 13.7. The van der Waals surface area contributed by atoms with Crippen molar-refractivity contribution in [3.63, 3.8) is 0 Å². The second-order valence-electron chi connectivity index (χ2n) is 5.46. The van der Waals surface area contributed by atoms with Gasteiger partial charge in [0.15, 0.2) is 0 Å². The molecule has 1 N–H and O–H groups in total. The summed E-state index contributed by atoms with van der Waals surface area (Å²) in [5.74, 6) is 0.917. The maximum atomic E-state index is 3.56. The van der Waals surface area contributed by atoms with Gasteiger partial charge < -0.3 is 10.2 Å². The summed E-state index contributed by atoms with van der Waals surface area (Å²) in [6, 6.07) is 6.43. The van der Waals surface area contributed by atoms with Crippen molar-refractivity contribution in [2.45, 2.75) is 25.8 Å². The summed E-state index contributed by atoms with van der Waals surface area (Å²) in [7, 11) is 2.22. The molecule has 4 heteroatoms. The van der Waals surface area contributed by atoms with Crippen LogP contribution in [-0.4, -0.2) is 31.6 Å². The smallest absolute Gasteiger partial charge is 0.0320 e. The molecule has 0 saturated carbocycles. The Hall–Kier alpha value is 0.1000. The van der Waals surface area contributed by atoms with E-state index in [1.165, 1.54) is 37.9 Å². The Labute approximate surface area is 133 Å². The van der Waals surface area contributed by atoms with E-state index >= 15 is 0 Å². The van der Waals surface area contributed by atoms with E-state index in [9.17, 15) is 0 Å². The number of likely N-dealkylation sites (tertiary alicyclic amines) is 1.